The Kier molecular flexibility index (Phi) is 8.29. The molecule has 0 atom stereocenters. The lowest BCUT2D eigenvalue weighted by Gasteiger charge is -2.07. The van der Waals surface area contributed by atoms with Gasteiger partial charge in [-0.1, -0.05) is 48.5 Å². The van der Waals surface area contributed by atoms with Gasteiger partial charge >= 0.3 is 0 Å². The molecule has 2 aliphatic rings. The van der Waals surface area contributed by atoms with Crippen LogP contribution in [0.4, 0.5) is 0 Å². The van der Waals surface area contributed by atoms with Crippen LogP contribution >= 0.6 is 12.4 Å². The van der Waals surface area contributed by atoms with Crippen LogP contribution in [-0.4, -0.2) is 40.4 Å². The van der Waals surface area contributed by atoms with E-state index < -0.39 is 0 Å². The van der Waals surface area contributed by atoms with Gasteiger partial charge in [0.25, 0.3) is 0 Å². The number of benzene rings is 4. The molecule has 9 rings (SSSR count). The van der Waals surface area contributed by atoms with Crippen LogP contribution in [0.5, 0.6) is 23.0 Å². The maximum atomic E-state index is 10.2. The van der Waals surface area contributed by atoms with Gasteiger partial charge in [0.05, 0.1) is 22.8 Å². The van der Waals surface area contributed by atoms with E-state index in [1.54, 1.807) is 48.5 Å². The van der Waals surface area contributed by atoms with Crippen LogP contribution in [0.15, 0.2) is 121 Å². The first-order valence-corrected chi connectivity index (χ1v) is 16.7. The number of nitrogens with zero attached hydrogens (tertiary/aromatic N) is 2. The molecular weight excluding hydrogens is 684 g/mol. The number of nitrogens with one attached hydrogen (secondary N) is 2. The predicted molar refractivity (Wildman–Crippen MR) is 215 cm³/mol. The molecule has 3 aromatic heterocycles. The standard InChI is InChI=1S/C44H30N4O4.ClH/c49-29-9-1-25(2-10-29)41-33-17-19-35(45-33)42(26-3-11-30(50)12-4-26)37-21-23-39(47-37)44(28-7-15-32(52)16-8-28)40-24-22-38(48-40)43(36-20-18-34(41)46-36)27-5-13-31(51)14-6-27;/h1-24,45,48-52H;1H. The molecule has 8 bridgehead atoms. The van der Waals surface area contributed by atoms with Gasteiger partial charge in [-0.05, 0) is 119 Å². The first kappa shape index (κ1) is 33.1. The van der Waals surface area contributed by atoms with E-state index in [-0.39, 0.29) is 35.4 Å². The summed E-state index contributed by atoms with van der Waals surface area (Å²) in [4.78, 5) is 17.8. The fraction of sp³-hybridized carbons (Fsp3) is 0. The highest BCUT2D eigenvalue weighted by molar-refractivity contribution is 5.99. The smallest absolute Gasteiger partial charge is 0.115 e. The summed E-state index contributed by atoms with van der Waals surface area (Å²) in [7, 11) is 0. The maximum absolute atomic E-state index is 10.2. The van der Waals surface area contributed by atoms with E-state index in [1.165, 1.54) is 0 Å². The number of H-pyrrole nitrogens is 2. The minimum atomic E-state index is 0. The van der Waals surface area contributed by atoms with Crippen LogP contribution in [0.1, 0.15) is 22.8 Å². The van der Waals surface area contributed by atoms with Crippen molar-refractivity contribution >= 4 is 58.8 Å². The third kappa shape index (κ3) is 6.07. The fourth-order valence-corrected chi connectivity index (χ4v) is 6.93. The number of hydrogen-bond donors (Lipinski definition) is 6. The van der Waals surface area contributed by atoms with Gasteiger partial charge in [0.15, 0.2) is 0 Å². The van der Waals surface area contributed by atoms with Crippen molar-refractivity contribution in [2.75, 3.05) is 0 Å². The van der Waals surface area contributed by atoms with Gasteiger partial charge < -0.3 is 30.4 Å². The number of phenols is 4. The molecule has 0 unspecified atom stereocenters. The monoisotopic (exact) mass is 714 g/mol. The quantitative estimate of drug-likeness (QED) is 0.107. The number of phenolic OH excluding ortho intramolecular Hbond substituents is 4. The summed E-state index contributed by atoms with van der Waals surface area (Å²) in [5.74, 6) is 0.651. The first-order chi connectivity index (χ1) is 25.4. The van der Waals surface area contributed by atoms with E-state index in [0.717, 1.165) is 89.4 Å². The van der Waals surface area contributed by atoms with Crippen LogP contribution in [0.25, 0.3) is 90.9 Å². The third-order valence-corrected chi connectivity index (χ3v) is 9.38. The molecule has 7 aromatic rings. The van der Waals surface area contributed by atoms with Crippen molar-refractivity contribution in [3.63, 3.8) is 0 Å². The van der Waals surface area contributed by atoms with Crippen LogP contribution in [0.2, 0.25) is 0 Å². The Hall–Kier alpha value is -7.03. The largest absolute Gasteiger partial charge is 0.508 e. The zero-order chi connectivity index (χ0) is 35.3. The minimum Gasteiger partial charge on any atom is -0.508 e. The average Bonchev–Trinajstić information content (AvgIpc) is 3.99. The molecule has 258 valence electrons. The lowest BCUT2D eigenvalue weighted by molar-refractivity contribution is 0.475. The van der Waals surface area contributed by atoms with Crippen molar-refractivity contribution in [1.82, 2.24) is 19.9 Å². The molecule has 0 saturated carbocycles. The summed E-state index contributed by atoms with van der Waals surface area (Å²) >= 11 is 0. The normalized spacial score (nSPS) is 11.8. The van der Waals surface area contributed by atoms with Crippen molar-refractivity contribution in [2.24, 2.45) is 0 Å². The first-order valence-electron chi connectivity index (χ1n) is 16.7. The highest BCUT2D eigenvalue weighted by Crippen LogP contribution is 2.39. The van der Waals surface area contributed by atoms with E-state index >= 15 is 0 Å². The highest BCUT2D eigenvalue weighted by atomic mass is 35.5. The molecule has 8 nitrogen and oxygen atoms in total. The number of hydrogen-bond acceptors (Lipinski definition) is 6. The van der Waals surface area contributed by atoms with Crippen LogP contribution < -0.4 is 0 Å². The predicted octanol–water partition coefficient (Wildman–Crippen LogP) is 10.6. The second-order valence-electron chi connectivity index (χ2n) is 12.7. The number of aromatic hydroxyl groups is 4. The van der Waals surface area contributed by atoms with Gasteiger partial charge in [-0.25, -0.2) is 9.97 Å². The van der Waals surface area contributed by atoms with Crippen molar-refractivity contribution in [1.29, 1.82) is 0 Å². The lowest BCUT2D eigenvalue weighted by atomic mass is 10.0. The number of aromatic nitrogens is 4. The summed E-state index contributed by atoms with van der Waals surface area (Å²) in [6.07, 6.45) is 7.96. The molecule has 0 aliphatic carbocycles. The average molecular weight is 715 g/mol. The Balaban J connectivity index is 0.00000400. The van der Waals surface area contributed by atoms with Crippen molar-refractivity contribution < 1.29 is 20.4 Å². The molecule has 0 radical (unpaired) electrons. The van der Waals surface area contributed by atoms with Crippen molar-refractivity contribution in [3.05, 3.63) is 144 Å². The van der Waals surface area contributed by atoms with Gasteiger partial charge in [-0.3, -0.25) is 0 Å². The topological polar surface area (TPSA) is 138 Å². The Morgan fingerprint density at radius 1 is 0.302 bits per heavy atom. The van der Waals surface area contributed by atoms with Gasteiger partial charge in [0.1, 0.15) is 23.0 Å². The summed E-state index contributed by atoms with van der Waals surface area (Å²) in [6, 6.07) is 36.3. The zero-order valence-corrected chi connectivity index (χ0v) is 28.8. The maximum Gasteiger partial charge on any atom is 0.115 e. The molecule has 0 fully saturated rings. The minimum absolute atomic E-state index is 0. The van der Waals surface area contributed by atoms with Crippen molar-refractivity contribution in [2.45, 2.75) is 0 Å². The van der Waals surface area contributed by atoms with Crippen LogP contribution in [-0.2, 0) is 0 Å². The highest BCUT2D eigenvalue weighted by Gasteiger charge is 2.19. The molecule has 53 heavy (non-hydrogen) atoms. The second-order valence-corrected chi connectivity index (χ2v) is 12.7. The van der Waals surface area contributed by atoms with Gasteiger partial charge in [0, 0.05) is 44.3 Å². The molecule has 4 aromatic carbocycles. The van der Waals surface area contributed by atoms with Crippen LogP contribution in [0, 0.1) is 0 Å². The molecule has 0 amide bonds. The van der Waals surface area contributed by atoms with E-state index in [4.69, 9.17) is 9.97 Å². The van der Waals surface area contributed by atoms with E-state index in [2.05, 4.69) is 9.97 Å². The molecule has 0 saturated heterocycles. The summed E-state index contributed by atoms with van der Waals surface area (Å²) < 4.78 is 0. The zero-order valence-electron chi connectivity index (χ0n) is 27.9. The molecule has 2 aliphatic heterocycles. The number of rotatable bonds is 4. The third-order valence-electron chi connectivity index (χ3n) is 9.38. The van der Waals surface area contributed by atoms with Gasteiger partial charge in [0.2, 0.25) is 0 Å². The number of fused-ring (bicyclic) bond motifs is 8. The van der Waals surface area contributed by atoms with E-state index in [0.29, 0.717) is 0 Å². The van der Waals surface area contributed by atoms with Crippen LogP contribution in [0.3, 0.4) is 0 Å². The molecular formula is C44H31ClN4O4. The Morgan fingerprint density at radius 2 is 0.509 bits per heavy atom. The van der Waals surface area contributed by atoms with Crippen molar-refractivity contribution in [3.8, 4) is 67.5 Å². The summed E-state index contributed by atoms with van der Waals surface area (Å²) in [6.45, 7) is 0. The van der Waals surface area contributed by atoms with E-state index in [9.17, 15) is 20.4 Å². The summed E-state index contributed by atoms with van der Waals surface area (Å²) in [5.41, 5.74) is 12.9. The fourth-order valence-electron chi connectivity index (χ4n) is 6.93. The Morgan fingerprint density at radius 3 is 0.717 bits per heavy atom. The SMILES string of the molecule is Cl.Oc1ccc(-c2c3nc(c(-c4ccc(O)cc4)c4ccc([nH]4)c(-c4ccc(O)cc4)c4nc(c(-c5ccc(O)cc5)c5ccc2[nH]5)C=C4)C=C3)cc1. The van der Waals surface area contributed by atoms with E-state index in [1.807, 2.05) is 97.1 Å². The lowest BCUT2D eigenvalue weighted by Crippen LogP contribution is -1.89. The summed E-state index contributed by atoms with van der Waals surface area (Å²) in [5, 5.41) is 40.7. The number of halogens is 1. The Bertz CT molecular complexity index is 2370. The Labute approximate surface area is 309 Å². The molecule has 6 N–H and O–H groups in total. The molecule has 9 heteroatoms. The molecule has 0 spiro atoms. The molecule has 5 heterocycles. The van der Waals surface area contributed by atoms with Gasteiger partial charge in [-0.15, -0.1) is 12.4 Å². The second kappa shape index (κ2) is 13.3. The van der Waals surface area contributed by atoms with Gasteiger partial charge in [-0.2, -0.15) is 0 Å². The number of aromatic amines is 2.